The number of nitro groups is 1. The van der Waals surface area contributed by atoms with Gasteiger partial charge < -0.3 is 9.84 Å². The molecule has 0 radical (unpaired) electrons. The lowest BCUT2D eigenvalue weighted by Crippen LogP contribution is -1.96. The number of nitrogens with zero attached hydrogens (tertiary/aromatic N) is 1. The predicted octanol–water partition coefficient (Wildman–Crippen LogP) is 4.25. The van der Waals surface area contributed by atoms with Crippen LogP contribution in [0.1, 0.15) is 5.56 Å². The van der Waals surface area contributed by atoms with Gasteiger partial charge in [0.1, 0.15) is 5.75 Å². The maximum absolute atomic E-state index is 11.0. The number of nitro benzene ring substituents is 1. The summed E-state index contributed by atoms with van der Waals surface area (Å²) in [5, 5.41) is 20.7. The van der Waals surface area contributed by atoms with Crippen LogP contribution in [0.5, 0.6) is 11.5 Å². The maximum atomic E-state index is 11.0. The summed E-state index contributed by atoms with van der Waals surface area (Å²) < 4.78 is 5.58. The van der Waals surface area contributed by atoms with E-state index in [-0.39, 0.29) is 23.1 Å². The van der Waals surface area contributed by atoms with Gasteiger partial charge in [-0.1, -0.05) is 11.6 Å². The van der Waals surface area contributed by atoms with Gasteiger partial charge in [0.15, 0.2) is 0 Å². The van der Waals surface area contributed by atoms with Crippen LogP contribution >= 0.6 is 23.4 Å². The van der Waals surface area contributed by atoms with Crippen molar-refractivity contribution in [3.8, 4) is 11.5 Å². The van der Waals surface area contributed by atoms with E-state index in [9.17, 15) is 15.2 Å². The molecule has 0 heterocycles. The fraction of sp³-hybridized carbons (Fsp3) is 0.143. The van der Waals surface area contributed by atoms with Crippen LogP contribution in [0.25, 0.3) is 0 Å². The van der Waals surface area contributed by atoms with Crippen LogP contribution in [-0.4, -0.2) is 16.3 Å². The van der Waals surface area contributed by atoms with Crippen molar-refractivity contribution in [2.75, 3.05) is 6.26 Å². The van der Waals surface area contributed by atoms with Crippen LogP contribution in [0.3, 0.4) is 0 Å². The van der Waals surface area contributed by atoms with E-state index in [1.165, 1.54) is 30.0 Å². The van der Waals surface area contributed by atoms with E-state index >= 15 is 0 Å². The molecule has 0 aliphatic carbocycles. The van der Waals surface area contributed by atoms with Gasteiger partial charge in [-0.05, 0) is 36.6 Å². The van der Waals surface area contributed by atoms with E-state index in [0.29, 0.717) is 11.3 Å². The Kier molecular flexibility index (Phi) is 5.06. The van der Waals surface area contributed by atoms with Crippen LogP contribution in [-0.2, 0) is 6.61 Å². The first-order valence-electron chi connectivity index (χ1n) is 5.94. The third-order valence-electron chi connectivity index (χ3n) is 2.78. The highest BCUT2D eigenvalue weighted by molar-refractivity contribution is 7.98. The Bertz CT molecular complexity index is 678. The molecule has 1 N–H and O–H groups in total. The van der Waals surface area contributed by atoms with Crippen LogP contribution in [0.2, 0.25) is 5.02 Å². The summed E-state index contributed by atoms with van der Waals surface area (Å²) in [5.41, 5.74) is 0.339. The Morgan fingerprint density at radius 3 is 2.62 bits per heavy atom. The minimum atomic E-state index is -0.559. The monoisotopic (exact) mass is 325 g/mol. The van der Waals surface area contributed by atoms with Gasteiger partial charge in [0.25, 0.3) is 0 Å². The van der Waals surface area contributed by atoms with Gasteiger partial charge in [0, 0.05) is 21.5 Å². The Morgan fingerprint density at radius 2 is 2.00 bits per heavy atom. The smallest absolute Gasteiger partial charge is 0.313 e. The lowest BCUT2D eigenvalue weighted by molar-refractivity contribution is -0.385. The van der Waals surface area contributed by atoms with Gasteiger partial charge in [0.2, 0.25) is 5.75 Å². The van der Waals surface area contributed by atoms with Crippen molar-refractivity contribution < 1.29 is 14.8 Å². The van der Waals surface area contributed by atoms with Crippen LogP contribution < -0.4 is 4.74 Å². The topological polar surface area (TPSA) is 72.6 Å². The van der Waals surface area contributed by atoms with Gasteiger partial charge in [-0.15, -0.1) is 11.8 Å². The summed E-state index contributed by atoms with van der Waals surface area (Å²) in [5.74, 6) is 0.455. The number of hydrogen-bond acceptors (Lipinski definition) is 5. The van der Waals surface area contributed by atoms with E-state index in [1.54, 1.807) is 12.1 Å². The molecule has 0 aliphatic heterocycles. The van der Waals surface area contributed by atoms with E-state index in [1.807, 2.05) is 12.3 Å². The normalized spacial score (nSPS) is 10.4. The molecule has 2 aromatic rings. The number of ether oxygens (including phenoxy) is 1. The van der Waals surface area contributed by atoms with Crippen molar-refractivity contribution in [3.63, 3.8) is 0 Å². The van der Waals surface area contributed by atoms with Crippen molar-refractivity contribution in [1.82, 2.24) is 0 Å². The molecule has 0 saturated carbocycles. The fourth-order valence-electron chi connectivity index (χ4n) is 1.74. The molecule has 21 heavy (non-hydrogen) atoms. The van der Waals surface area contributed by atoms with Crippen molar-refractivity contribution >= 4 is 29.1 Å². The average Bonchev–Trinajstić information content (AvgIpc) is 2.49. The standard InChI is InChI=1S/C14H12ClNO4S/c1-21-11-3-5-13(9(6-11)8-17)20-14-4-2-10(15)7-12(14)16(18)19/h2-7,17H,8H2,1H3. The molecule has 0 amide bonds. The van der Waals surface area contributed by atoms with E-state index in [0.717, 1.165) is 4.90 Å². The molecule has 2 aromatic carbocycles. The highest BCUT2D eigenvalue weighted by Crippen LogP contribution is 2.35. The molecule has 0 unspecified atom stereocenters. The summed E-state index contributed by atoms with van der Waals surface area (Å²) in [6.45, 7) is -0.217. The zero-order chi connectivity index (χ0) is 15.4. The maximum Gasteiger partial charge on any atom is 0.313 e. The summed E-state index contributed by atoms with van der Waals surface area (Å²) in [6, 6.07) is 9.45. The molecule has 110 valence electrons. The number of thioether (sulfide) groups is 1. The average molecular weight is 326 g/mol. The van der Waals surface area contributed by atoms with Gasteiger partial charge >= 0.3 is 5.69 Å². The van der Waals surface area contributed by atoms with Crippen molar-refractivity contribution in [1.29, 1.82) is 0 Å². The molecule has 7 heteroatoms. The second kappa shape index (κ2) is 6.80. The summed E-state index contributed by atoms with van der Waals surface area (Å²) >= 11 is 7.29. The molecule has 0 aromatic heterocycles. The SMILES string of the molecule is CSc1ccc(Oc2ccc(Cl)cc2[N+](=O)[O-])c(CO)c1. The highest BCUT2D eigenvalue weighted by Gasteiger charge is 2.17. The summed E-state index contributed by atoms with van der Waals surface area (Å²) in [4.78, 5) is 11.4. The predicted molar refractivity (Wildman–Crippen MR) is 82.3 cm³/mol. The van der Waals surface area contributed by atoms with Crippen molar-refractivity contribution in [3.05, 3.63) is 57.1 Å². The number of hydrogen-bond donors (Lipinski definition) is 1. The van der Waals surface area contributed by atoms with Gasteiger partial charge in [-0.3, -0.25) is 10.1 Å². The van der Waals surface area contributed by atoms with Crippen molar-refractivity contribution in [2.45, 2.75) is 11.5 Å². The third kappa shape index (κ3) is 3.66. The lowest BCUT2D eigenvalue weighted by Gasteiger charge is -2.11. The Balaban J connectivity index is 2.40. The summed E-state index contributed by atoms with van der Waals surface area (Å²) in [7, 11) is 0. The molecule has 0 atom stereocenters. The molecular formula is C14H12ClNO4S. The summed E-state index contributed by atoms with van der Waals surface area (Å²) in [6.07, 6.45) is 1.92. The van der Waals surface area contributed by atoms with Crippen LogP contribution in [0, 0.1) is 10.1 Å². The van der Waals surface area contributed by atoms with Crippen molar-refractivity contribution in [2.24, 2.45) is 0 Å². The number of aliphatic hydroxyl groups is 1. The molecule has 0 bridgehead atoms. The Morgan fingerprint density at radius 1 is 1.29 bits per heavy atom. The first kappa shape index (κ1) is 15.6. The quantitative estimate of drug-likeness (QED) is 0.505. The third-order valence-corrected chi connectivity index (χ3v) is 3.74. The number of halogens is 1. The Labute approximate surface area is 130 Å². The van der Waals surface area contributed by atoms with Gasteiger partial charge in [-0.25, -0.2) is 0 Å². The second-order valence-corrected chi connectivity index (χ2v) is 5.42. The molecule has 0 spiro atoms. The first-order valence-corrected chi connectivity index (χ1v) is 7.55. The Hall–Kier alpha value is -1.76. The van der Waals surface area contributed by atoms with E-state index < -0.39 is 4.92 Å². The van der Waals surface area contributed by atoms with E-state index in [2.05, 4.69) is 0 Å². The minimum absolute atomic E-state index is 0.0796. The number of aliphatic hydroxyl groups excluding tert-OH is 1. The zero-order valence-electron chi connectivity index (χ0n) is 11.1. The lowest BCUT2D eigenvalue weighted by atomic mass is 10.2. The molecule has 0 saturated heterocycles. The second-order valence-electron chi connectivity index (χ2n) is 4.10. The number of rotatable bonds is 5. The van der Waals surface area contributed by atoms with Gasteiger partial charge in [-0.2, -0.15) is 0 Å². The molecular weight excluding hydrogens is 314 g/mol. The molecule has 5 nitrogen and oxygen atoms in total. The highest BCUT2D eigenvalue weighted by atomic mass is 35.5. The number of benzene rings is 2. The molecule has 0 aliphatic rings. The fourth-order valence-corrected chi connectivity index (χ4v) is 2.37. The van der Waals surface area contributed by atoms with Gasteiger partial charge in [0.05, 0.1) is 11.5 Å². The molecule has 2 rings (SSSR count). The minimum Gasteiger partial charge on any atom is -0.450 e. The van der Waals surface area contributed by atoms with E-state index in [4.69, 9.17) is 16.3 Å². The zero-order valence-corrected chi connectivity index (χ0v) is 12.6. The van der Waals surface area contributed by atoms with Crippen LogP contribution in [0.15, 0.2) is 41.3 Å². The van der Waals surface area contributed by atoms with Crippen LogP contribution in [0.4, 0.5) is 5.69 Å². The molecule has 0 fully saturated rings. The first-order chi connectivity index (χ1) is 10.0. The largest absolute Gasteiger partial charge is 0.450 e.